The first-order valence-corrected chi connectivity index (χ1v) is 10.1. The molecule has 0 fully saturated rings. The number of aryl methyl sites for hydroxylation is 1. The van der Waals surface area contributed by atoms with Crippen LogP contribution in [0.4, 0.5) is 0 Å². The van der Waals surface area contributed by atoms with Gasteiger partial charge in [-0.25, -0.2) is 15.7 Å². The first-order chi connectivity index (χ1) is 12.0. The van der Waals surface area contributed by atoms with E-state index in [9.17, 15) is 4.57 Å². The van der Waals surface area contributed by atoms with Gasteiger partial charge in [-0.05, 0) is 45.7 Å². The van der Waals surface area contributed by atoms with E-state index < -0.39 is 13.5 Å². The van der Waals surface area contributed by atoms with Crippen LogP contribution in [0.3, 0.4) is 0 Å². The number of benzene rings is 1. The van der Waals surface area contributed by atoms with Crippen molar-refractivity contribution in [2.45, 2.75) is 46.3 Å². The lowest BCUT2D eigenvalue weighted by Gasteiger charge is -2.23. The number of phosphoric ester groups is 1. The molecule has 1 unspecified atom stereocenters. The third-order valence-corrected chi connectivity index (χ3v) is 5.27. The molecule has 25 heavy (non-hydrogen) atoms. The Hall–Kier alpha value is -1.22. The average Bonchev–Trinajstić information content (AvgIpc) is 2.96. The Bertz CT molecular complexity index is 604. The summed E-state index contributed by atoms with van der Waals surface area (Å²) in [6, 6.07) is 7.56. The van der Waals surface area contributed by atoms with Crippen molar-refractivity contribution >= 4 is 7.82 Å². The molecule has 1 aromatic rings. The van der Waals surface area contributed by atoms with Crippen LogP contribution >= 0.6 is 7.82 Å². The summed E-state index contributed by atoms with van der Waals surface area (Å²) in [4.78, 5) is 3.61. The van der Waals surface area contributed by atoms with E-state index in [2.05, 4.69) is 4.85 Å². The van der Waals surface area contributed by atoms with Crippen molar-refractivity contribution < 1.29 is 22.9 Å². The van der Waals surface area contributed by atoms with Gasteiger partial charge in [0.1, 0.15) is 0 Å². The Balaban J connectivity index is 0.000000550. The maximum absolute atomic E-state index is 12.5. The molecule has 0 saturated heterocycles. The number of hydrogen-bond donors (Lipinski definition) is 0. The van der Waals surface area contributed by atoms with Crippen molar-refractivity contribution in [3.8, 4) is 0 Å². The largest absolute Gasteiger partial charge is 0.481 e. The Labute approximate surface area is 150 Å². The number of ether oxygens (including phenoxy) is 1. The Morgan fingerprint density at radius 3 is 2.16 bits per heavy atom. The number of rotatable bonds is 8. The molecule has 0 aliphatic heterocycles. The fourth-order valence-corrected chi connectivity index (χ4v) is 4.00. The second-order valence-corrected chi connectivity index (χ2v) is 6.80. The lowest BCUT2D eigenvalue weighted by atomic mass is 10.1. The number of hydrogen-bond acceptors (Lipinski definition) is 5. The maximum atomic E-state index is 12.5. The zero-order valence-electron chi connectivity index (χ0n) is 15.5. The molecule has 0 aromatic heterocycles. The van der Waals surface area contributed by atoms with Crippen LogP contribution in [0.2, 0.25) is 0 Å². The molecule has 7 heteroatoms. The third-order valence-electron chi connectivity index (χ3n) is 3.60. The normalized spacial score (nSPS) is 18.8. The summed E-state index contributed by atoms with van der Waals surface area (Å²) in [6.45, 7) is 17.0. The van der Waals surface area contributed by atoms with E-state index in [1.165, 1.54) is 0 Å². The summed E-state index contributed by atoms with van der Waals surface area (Å²) in [7, 11) is -3.72. The van der Waals surface area contributed by atoms with Crippen LogP contribution in [0.15, 0.2) is 24.3 Å². The SMILES string of the molecule is CCOCC.[C-]#[N+]C1(OP(=O)(OCC)OCC)CCc2ccccc21. The van der Waals surface area contributed by atoms with Crippen molar-refractivity contribution in [2.75, 3.05) is 26.4 Å². The predicted octanol–water partition coefficient (Wildman–Crippen LogP) is 4.95. The van der Waals surface area contributed by atoms with Crippen LogP contribution in [0.5, 0.6) is 0 Å². The Kier molecular flexibility index (Phi) is 9.34. The van der Waals surface area contributed by atoms with Crippen molar-refractivity contribution in [3.63, 3.8) is 0 Å². The molecule has 2 rings (SSSR count). The van der Waals surface area contributed by atoms with E-state index in [0.717, 1.165) is 30.8 Å². The molecule has 0 spiro atoms. The molecule has 1 aliphatic rings. The van der Waals surface area contributed by atoms with E-state index >= 15 is 0 Å². The molecule has 0 amide bonds. The molecule has 1 aromatic carbocycles. The average molecular weight is 369 g/mol. The fourth-order valence-electron chi connectivity index (χ4n) is 2.58. The summed E-state index contributed by atoms with van der Waals surface area (Å²) < 4.78 is 33.2. The minimum absolute atomic E-state index is 0.201. The van der Waals surface area contributed by atoms with Crippen molar-refractivity contribution in [1.82, 2.24) is 0 Å². The van der Waals surface area contributed by atoms with Crippen molar-refractivity contribution in [3.05, 3.63) is 46.8 Å². The second-order valence-electron chi connectivity index (χ2n) is 5.21. The van der Waals surface area contributed by atoms with E-state index in [1.54, 1.807) is 13.8 Å². The van der Waals surface area contributed by atoms with Crippen LogP contribution in [0.1, 0.15) is 45.2 Å². The van der Waals surface area contributed by atoms with E-state index in [4.69, 9.17) is 24.9 Å². The van der Waals surface area contributed by atoms with Gasteiger partial charge in [0.25, 0.3) is 0 Å². The molecule has 0 heterocycles. The predicted molar refractivity (Wildman–Crippen MR) is 97.2 cm³/mol. The molecule has 6 nitrogen and oxygen atoms in total. The van der Waals surface area contributed by atoms with Gasteiger partial charge in [0.05, 0.1) is 25.2 Å². The van der Waals surface area contributed by atoms with Gasteiger partial charge in [-0.15, -0.1) is 0 Å². The molecule has 0 saturated carbocycles. The number of phosphoric acid groups is 1. The summed E-state index contributed by atoms with van der Waals surface area (Å²) >= 11 is 0. The van der Waals surface area contributed by atoms with E-state index in [1.807, 2.05) is 38.1 Å². The molecular formula is C18H28NO5P. The summed E-state index contributed by atoms with van der Waals surface area (Å²) in [5.41, 5.74) is 0.536. The van der Waals surface area contributed by atoms with Gasteiger partial charge >= 0.3 is 13.5 Å². The first-order valence-electron chi connectivity index (χ1n) is 8.65. The van der Waals surface area contributed by atoms with Gasteiger partial charge in [0.15, 0.2) is 0 Å². The summed E-state index contributed by atoms with van der Waals surface area (Å²) in [6.07, 6.45) is 1.18. The van der Waals surface area contributed by atoms with Crippen molar-refractivity contribution in [2.24, 2.45) is 0 Å². The van der Waals surface area contributed by atoms with Gasteiger partial charge < -0.3 is 4.74 Å². The monoisotopic (exact) mass is 369 g/mol. The second kappa shape index (κ2) is 10.7. The van der Waals surface area contributed by atoms with Crippen LogP contribution in [-0.2, 0) is 35.0 Å². The van der Waals surface area contributed by atoms with Crippen LogP contribution in [0.25, 0.3) is 4.85 Å². The summed E-state index contributed by atoms with van der Waals surface area (Å²) in [5, 5.41) is 0. The maximum Gasteiger partial charge on any atom is 0.481 e. The fraction of sp³-hybridized carbons (Fsp3) is 0.611. The topological polar surface area (TPSA) is 58.4 Å². The quantitative estimate of drug-likeness (QED) is 0.480. The Morgan fingerprint density at radius 2 is 1.68 bits per heavy atom. The van der Waals surface area contributed by atoms with Crippen LogP contribution < -0.4 is 0 Å². The zero-order valence-corrected chi connectivity index (χ0v) is 16.4. The van der Waals surface area contributed by atoms with Crippen LogP contribution in [0, 0.1) is 6.57 Å². The number of nitrogens with zero attached hydrogens (tertiary/aromatic N) is 1. The lowest BCUT2D eigenvalue weighted by molar-refractivity contribution is 0.0394. The van der Waals surface area contributed by atoms with Gasteiger partial charge in [0.2, 0.25) is 0 Å². The first kappa shape index (κ1) is 21.8. The highest BCUT2D eigenvalue weighted by molar-refractivity contribution is 7.48. The molecule has 1 atom stereocenters. The minimum Gasteiger partial charge on any atom is -0.382 e. The van der Waals surface area contributed by atoms with Crippen LogP contribution in [-0.4, -0.2) is 26.4 Å². The zero-order chi connectivity index (χ0) is 18.8. The molecular weight excluding hydrogens is 341 g/mol. The smallest absolute Gasteiger partial charge is 0.382 e. The highest BCUT2D eigenvalue weighted by Gasteiger charge is 2.52. The van der Waals surface area contributed by atoms with Gasteiger partial charge in [-0.3, -0.25) is 13.9 Å². The highest BCUT2D eigenvalue weighted by atomic mass is 31.2. The molecule has 140 valence electrons. The molecule has 0 radical (unpaired) electrons. The Morgan fingerprint density at radius 1 is 1.08 bits per heavy atom. The highest BCUT2D eigenvalue weighted by Crippen LogP contribution is 2.58. The van der Waals surface area contributed by atoms with E-state index in [0.29, 0.717) is 6.42 Å². The molecule has 1 aliphatic carbocycles. The van der Waals surface area contributed by atoms with Crippen molar-refractivity contribution in [1.29, 1.82) is 0 Å². The third kappa shape index (κ3) is 5.91. The lowest BCUT2D eigenvalue weighted by Crippen LogP contribution is -2.22. The van der Waals surface area contributed by atoms with Gasteiger partial charge in [0, 0.05) is 13.2 Å². The van der Waals surface area contributed by atoms with Gasteiger partial charge in [-0.2, -0.15) is 0 Å². The minimum atomic E-state index is -3.72. The van der Waals surface area contributed by atoms with E-state index in [-0.39, 0.29) is 13.2 Å². The molecule has 0 N–H and O–H groups in total. The van der Waals surface area contributed by atoms with Gasteiger partial charge in [-0.1, -0.05) is 18.2 Å². The number of fused-ring (bicyclic) bond motifs is 1. The molecule has 0 bridgehead atoms. The summed E-state index contributed by atoms with van der Waals surface area (Å²) in [5.74, 6) is 0. The standard InChI is InChI=1S/C14H18NO4P.C4H10O/c1-4-17-20(16,18-5-2)19-14(15-3)11-10-12-8-6-7-9-13(12)14;1-3-5-4-2/h6-9H,4-5,10-11H2,1-2H3;3-4H2,1-2H3.